The van der Waals surface area contributed by atoms with Gasteiger partial charge < -0.3 is 14.7 Å². The summed E-state index contributed by atoms with van der Waals surface area (Å²) in [6, 6.07) is 8.43. The number of rotatable bonds is 7. The van der Waals surface area contributed by atoms with Crippen molar-refractivity contribution in [3.63, 3.8) is 0 Å². The predicted molar refractivity (Wildman–Crippen MR) is 77.0 cm³/mol. The summed E-state index contributed by atoms with van der Waals surface area (Å²) >= 11 is 0. The summed E-state index contributed by atoms with van der Waals surface area (Å²) in [5.74, 6) is 0.585. The lowest BCUT2D eigenvalue weighted by atomic mass is 10.2. The van der Waals surface area contributed by atoms with E-state index in [0.717, 1.165) is 30.2 Å². The molecular weight excluding hydrogens is 257 g/mol. The Morgan fingerprint density at radius 1 is 1.25 bits per heavy atom. The molecule has 0 atom stereocenters. The molecular formula is C15H20FN3O. The van der Waals surface area contributed by atoms with Crippen molar-refractivity contribution in [2.45, 2.75) is 26.9 Å². The smallest absolute Gasteiger partial charge is 0.156 e. The van der Waals surface area contributed by atoms with Crippen LogP contribution in [0.25, 0.3) is 0 Å². The molecule has 1 N–H and O–H groups in total. The Labute approximate surface area is 118 Å². The minimum absolute atomic E-state index is 0.225. The van der Waals surface area contributed by atoms with E-state index in [0.29, 0.717) is 13.1 Å². The van der Waals surface area contributed by atoms with Gasteiger partial charge in [-0.25, -0.2) is 4.39 Å². The molecule has 0 radical (unpaired) electrons. The van der Waals surface area contributed by atoms with Crippen LogP contribution in [-0.4, -0.2) is 18.2 Å². The molecule has 2 aromatic rings. The number of nitrogens with zero attached hydrogens (tertiary/aromatic N) is 2. The van der Waals surface area contributed by atoms with Crippen LogP contribution in [0.1, 0.15) is 25.3 Å². The van der Waals surface area contributed by atoms with Crippen LogP contribution in [-0.2, 0) is 13.1 Å². The lowest BCUT2D eigenvalue weighted by Crippen LogP contribution is -2.21. The molecule has 5 heteroatoms. The van der Waals surface area contributed by atoms with E-state index in [2.05, 4.69) is 22.3 Å². The molecule has 0 fully saturated rings. The Kier molecular flexibility index (Phi) is 5.12. The number of aromatic nitrogens is 1. The van der Waals surface area contributed by atoms with Gasteiger partial charge in [-0.15, -0.1) is 0 Å². The van der Waals surface area contributed by atoms with Crippen molar-refractivity contribution in [2.75, 3.05) is 18.0 Å². The van der Waals surface area contributed by atoms with Gasteiger partial charge in [0.15, 0.2) is 5.76 Å². The van der Waals surface area contributed by atoms with Gasteiger partial charge in [-0.05, 0) is 37.7 Å². The highest BCUT2D eigenvalue weighted by molar-refractivity contribution is 5.46. The van der Waals surface area contributed by atoms with Crippen LogP contribution in [0.2, 0.25) is 0 Å². The van der Waals surface area contributed by atoms with E-state index in [1.165, 1.54) is 12.1 Å². The van der Waals surface area contributed by atoms with Crippen molar-refractivity contribution >= 4 is 5.69 Å². The van der Waals surface area contributed by atoms with Crippen LogP contribution in [0, 0.1) is 5.82 Å². The fourth-order valence-corrected chi connectivity index (χ4v) is 1.99. The van der Waals surface area contributed by atoms with E-state index in [-0.39, 0.29) is 5.82 Å². The SMILES string of the molecule is CCNCc1cc(CN(CC)c2ccc(F)cc2)on1. The van der Waals surface area contributed by atoms with Gasteiger partial charge in [-0.3, -0.25) is 0 Å². The van der Waals surface area contributed by atoms with Gasteiger partial charge in [0.2, 0.25) is 0 Å². The lowest BCUT2D eigenvalue weighted by molar-refractivity contribution is 0.374. The normalized spacial score (nSPS) is 10.8. The zero-order valence-electron chi connectivity index (χ0n) is 11.9. The highest BCUT2D eigenvalue weighted by Crippen LogP contribution is 2.18. The second-order valence-corrected chi connectivity index (χ2v) is 4.56. The Morgan fingerprint density at radius 3 is 2.65 bits per heavy atom. The minimum Gasteiger partial charge on any atom is -0.364 e. The molecule has 0 aliphatic rings. The molecule has 0 saturated carbocycles. The first-order valence-electron chi connectivity index (χ1n) is 6.88. The average Bonchev–Trinajstić information content (AvgIpc) is 2.91. The highest BCUT2D eigenvalue weighted by atomic mass is 19.1. The first kappa shape index (κ1) is 14.5. The van der Waals surface area contributed by atoms with Crippen LogP contribution in [0.4, 0.5) is 10.1 Å². The summed E-state index contributed by atoms with van der Waals surface area (Å²) in [6.45, 7) is 7.16. The Balaban J connectivity index is 2.02. The average molecular weight is 277 g/mol. The molecule has 0 amide bonds. The number of anilines is 1. The quantitative estimate of drug-likeness (QED) is 0.845. The number of hydrogen-bond acceptors (Lipinski definition) is 4. The third-order valence-corrected chi connectivity index (χ3v) is 3.08. The largest absolute Gasteiger partial charge is 0.364 e. The second-order valence-electron chi connectivity index (χ2n) is 4.56. The summed E-state index contributed by atoms with van der Waals surface area (Å²) in [7, 11) is 0. The van der Waals surface area contributed by atoms with Gasteiger partial charge in [-0.1, -0.05) is 12.1 Å². The maximum Gasteiger partial charge on any atom is 0.156 e. The summed E-state index contributed by atoms with van der Waals surface area (Å²) in [5, 5.41) is 7.23. The Hall–Kier alpha value is -1.88. The van der Waals surface area contributed by atoms with Crippen LogP contribution < -0.4 is 10.2 Å². The number of benzene rings is 1. The van der Waals surface area contributed by atoms with Crippen LogP contribution in [0.5, 0.6) is 0 Å². The molecule has 0 bridgehead atoms. The molecule has 108 valence electrons. The highest BCUT2D eigenvalue weighted by Gasteiger charge is 2.10. The zero-order chi connectivity index (χ0) is 14.4. The molecule has 20 heavy (non-hydrogen) atoms. The van der Waals surface area contributed by atoms with Gasteiger partial charge in [0.1, 0.15) is 5.82 Å². The second kappa shape index (κ2) is 7.05. The van der Waals surface area contributed by atoms with Gasteiger partial charge in [0, 0.05) is 24.8 Å². The molecule has 0 unspecified atom stereocenters. The van der Waals surface area contributed by atoms with Crippen molar-refractivity contribution < 1.29 is 8.91 Å². The van der Waals surface area contributed by atoms with Gasteiger partial charge in [0.25, 0.3) is 0 Å². The molecule has 0 saturated heterocycles. The first-order chi connectivity index (χ1) is 9.72. The maximum atomic E-state index is 12.9. The Morgan fingerprint density at radius 2 is 2.00 bits per heavy atom. The molecule has 1 aromatic carbocycles. The van der Waals surface area contributed by atoms with E-state index in [9.17, 15) is 4.39 Å². The standard InChI is InChI=1S/C15H20FN3O/c1-3-17-10-13-9-15(20-18-13)11-19(4-2)14-7-5-12(16)6-8-14/h5-9,17H,3-4,10-11H2,1-2H3. The zero-order valence-corrected chi connectivity index (χ0v) is 11.9. The summed E-state index contributed by atoms with van der Waals surface area (Å²) in [5.41, 5.74) is 1.87. The van der Waals surface area contributed by atoms with E-state index in [4.69, 9.17) is 4.52 Å². The topological polar surface area (TPSA) is 41.3 Å². The summed E-state index contributed by atoms with van der Waals surface area (Å²) in [6.07, 6.45) is 0. The van der Waals surface area contributed by atoms with Crippen LogP contribution in [0.15, 0.2) is 34.9 Å². The van der Waals surface area contributed by atoms with Crippen LogP contribution >= 0.6 is 0 Å². The molecule has 0 aliphatic carbocycles. The third-order valence-electron chi connectivity index (χ3n) is 3.08. The lowest BCUT2D eigenvalue weighted by Gasteiger charge is -2.21. The molecule has 0 spiro atoms. The molecule has 0 aliphatic heterocycles. The first-order valence-corrected chi connectivity index (χ1v) is 6.88. The van der Waals surface area contributed by atoms with Crippen molar-refractivity contribution in [2.24, 2.45) is 0 Å². The fraction of sp³-hybridized carbons (Fsp3) is 0.400. The minimum atomic E-state index is -0.225. The molecule has 2 rings (SSSR count). The summed E-state index contributed by atoms with van der Waals surface area (Å²) in [4.78, 5) is 2.11. The number of nitrogens with one attached hydrogen (secondary N) is 1. The Bertz CT molecular complexity index is 524. The molecule has 1 aromatic heterocycles. The van der Waals surface area contributed by atoms with Gasteiger partial charge in [0.05, 0.1) is 12.2 Å². The van der Waals surface area contributed by atoms with Crippen LogP contribution in [0.3, 0.4) is 0 Å². The van der Waals surface area contributed by atoms with Gasteiger partial charge in [-0.2, -0.15) is 0 Å². The third kappa shape index (κ3) is 3.81. The fourth-order valence-electron chi connectivity index (χ4n) is 1.99. The van der Waals surface area contributed by atoms with Crippen molar-refractivity contribution in [3.8, 4) is 0 Å². The molecule has 1 heterocycles. The maximum absolute atomic E-state index is 12.9. The number of halogens is 1. The summed E-state index contributed by atoms with van der Waals surface area (Å²) < 4.78 is 18.3. The number of hydrogen-bond donors (Lipinski definition) is 1. The van der Waals surface area contributed by atoms with Gasteiger partial charge >= 0.3 is 0 Å². The monoisotopic (exact) mass is 277 g/mol. The van der Waals surface area contributed by atoms with E-state index < -0.39 is 0 Å². The van der Waals surface area contributed by atoms with Crippen molar-refractivity contribution in [1.29, 1.82) is 0 Å². The van der Waals surface area contributed by atoms with Crippen molar-refractivity contribution in [3.05, 3.63) is 47.6 Å². The predicted octanol–water partition coefficient (Wildman–Crippen LogP) is 2.95. The van der Waals surface area contributed by atoms with E-state index >= 15 is 0 Å². The van der Waals surface area contributed by atoms with E-state index in [1.54, 1.807) is 12.1 Å². The van der Waals surface area contributed by atoms with Crippen molar-refractivity contribution in [1.82, 2.24) is 10.5 Å². The molecule has 4 nitrogen and oxygen atoms in total. The van der Waals surface area contributed by atoms with E-state index in [1.807, 2.05) is 13.0 Å².